The van der Waals surface area contributed by atoms with E-state index in [9.17, 15) is 0 Å². The molecule has 3 aromatic rings. The second kappa shape index (κ2) is 7.91. The monoisotopic (exact) mass is 485 g/mol. The lowest BCUT2D eigenvalue weighted by Crippen LogP contribution is -2.16. The highest BCUT2D eigenvalue weighted by atomic mass is 35.6. The van der Waals surface area contributed by atoms with Gasteiger partial charge in [0, 0.05) is 10.9 Å². The van der Waals surface area contributed by atoms with E-state index >= 15 is 0 Å². The standard InChI is InChI=1S/C16H9Cl6N3O2/c1-26-27-11-7-6-10(8-4-2-3-5-9(8)11)12-23-13(15(17,18)19)25-14(24-12)16(20,21)22/h2-7H,1H3. The fraction of sp³-hybridized carbons (Fsp3) is 0.188. The highest BCUT2D eigenvalue weighted by molar-refractivity contribution is 6.67. The summed E-state index contributed by atoms with van der Waals surface area (Å²) in [6.45, 7) is 0. The lowest BCUT2D eigenvalue weighted by molar-refractivity contribution is -0.176. The molecule has 142 valence electrons. The van der Waals surface area contributed by atoms with Crippen molar-refractivity contribution in [3.8, 4) is 17.1 Å². The lowest BCUT2D eigenvalue weighted by atomic mass is 10.0. The minimum absolute atomic E-state index is 0.167. The van der Waals surface area contributed by atoms with Gasteiger partial charge in [-0.2, -0.15) is 4.89 Å². The van der Waals surface area contributed by atoms with Gasteiger partial charge in [0.2, 0.25) is 7.59 Å². The number of hydrogen-bond acceptors (Lipinski definition) is 5. The Morgan fingerprint density at radius 1 is 0.741 bits per heavy atom. The largest absolute Gasteiger partial charge is 0.337 e. The van der Waals surface area contributed by atoms with Crippen LogP contribution in [0.15, 0.2) is 36.4 Å². The van der Waals surface area contributed by atoms with Gasteiger partial charge in [-0.3, -0.25) is 0 Å². The van der Waals surface area contributed by atoms with E-state index in [0.717, 1.165) is 10.8 Å². The fourth-order valence-corrected chi connectivity index (χ4v) is 2.89. The van der Waals surface area contributed by atoms with Crippen LogP contribution in [0.1, 0.15) is 11.6 Å². The average Bonchev–Trinajstić information content (AvgIpc) is 2.60. The van der Waals surface area contributed by atoms with E-state index in [4.69, 9.17) is 79.4 Å². The maximum absolute atomic E-state index is 5.94. The normalized spacial score (nSPS) is 12.4. The zero-order valence-corrected chi connectivity index (χ0v) is 17.9. The minimum atomic E-state index is -1.93. The molecule has 5 nitrogen and oxygen atoms in total. The summed E-state index contributed by atoms with van der Waals surface area (Å²) in [6.07, 6.45) is 0. The Balaban J connectivity index is 2.29. The Bertz CT molecular complexity index is 956. The summed E-state index contributed by atoms with van der Waals surface area (Å²) in [7, 11) is 1.41. The highest BCUT2D eigenvalue weighted by Gasteiger charge is 2.34. The van der Waals surface area contributed by atoms with Crippen molar-refractivity contribution in [2.45, 2.75) is 7.59 Å². The molecule has 0 aliphatic heterocycles. The van der Waals surface area contributed by atoms with E-state index < -0.39 is 7.59 Å². The maximum atomic E-state index is 5.94. The number of aromatic nitrogens is 3. The molecule has 1 aromatic heterocycles. The van der Waals surface area contributed by atoms with Gasteiger partial charge in [-0.05, 0) is 17.5 Å². The summed E-state index contributed by atoms with van der Waals surface area (Å²) in [5.74, 6) is 0.349. The van der Waals surface area contributed by atoms with Gasteiger partial charge in [0.1, 0.15) is 0 Å². The molecule has 0 amide bonds. The van der Waals surface area contributed by atoms with Crippen LogP contribution >= 0.6 is 69.6 Å². The Morgan fingerprint density at radius 3 is 1.81 bits per heavy atom. The van der Waals surface area contributed by atoms with E-state index in [-0.39, 0.29) is 17.5 Å². The summed E-state index contributed by atoms with van der Waals surface area (Å²) in [5.41, 5.74) is 0.599. The van der Waals surface area contributed by atoms with Gasteiger partial charge in [0.15, 0.2) is 23.2 Å². The van der Waals surface area contributed by atoms with E-state index in [2.05, 4.69) is 15.0 Å². The topological polar surface area (TPSA) is 57.1 Å². The van der Waals surface area contributed by atoms with E-state index in [1.807, 2.05) is 24.3 Å². The quantitative estimate of drug-likeness (QED) is 0.247. The lowest BCUT2D eigenvalue weighted by Gasteiger charge is -2.16. The second-order valence-electron chi connectivity index (χ2n) is 5.21. The van der Waals surface area contributed by atoms with Gasteiger partial charge < -0.3 is 4.89 Å². The van der Waals surface area contributed by atoms with E-state index in [1.165, 1.54) is 7.11 Å². The van der Waals surface area contributed by atoms with Gasteiger partial charge in [0.25, 0.3) is 0 Å². The number of halogens is 6. The van der Waals surface area contributed by atoms with Crippen LogP contribution in [0.5, 0.6) is 5.75 Å². The van der Waals surface area contributed by atoms with Gasteiger partial charge >= 0.3 is 0 Å². The van der Waals surface area contributed by atoms with Crippen molar-refractivity contribution in [3.63, 3.8) is 0 Å². The van der Waals surface area contributed by atoms with Crippen molar-refractivity contribution < 1.29 is 9.78 Å². The van der Waals surface area contributed by atoms with Crippen molar-refractivity contribution in [2.75, 3.05) is 7.11 Å². The molecule has 0 aliphatic carbocycles. The van der Waals surface area contributed by atoms with Crippen LogP contribution < -0.4 is 4.89 Å². The summed E-state index contributed by atoms with van der Waals surface area (Å²) >= 11 is 35.6. The van der Waals surface area contributed by atoms with Crippen LogP contribution in [0.3, 0.4) is 0 Å². The molecule has 1 heterocycles. The summed E-state index contributed by atoms with van der Waals surface area (Å²) in [4.78, 5) is 22.4. The molecule has 0 fully saturated rings. The summed E-state index contributed by atoms with van der Waals surface area (Å²) in [5, 5.41) is 1.51. The van der Waals surface area contributed by atoms with Gasteiger partial charge in [-0.15, -0.1) is 0 Å². The molecule has 0 saturated heterocycles. The van der Waals surface area contributed by atoms with E-state index in [1.54, 1.807) is 12.1 Å². The molecule has 27 heavy (non-hydrogen) atoms. The fourth-order valence-electron chi connectivity index (χ4n) is 2.38. The molecule has 0 radical (unpaired) electrons. The number of rotatable bonds is 3. The third-order valence-electron chi connectivity index (χ3n) is 3.44. The molecule has 2 aromatic carbocycles. The predicted molar refractivity (Wildman–Crippen MR) is 109 cm³/mol. The first-order chi connectivity index (χ1) is 12.6. The third-order valence-corrected chi connectivity index (χ3v) is 4.45. The average molecular weight is 488 g/mol. The Labute approximate surface area is 184 Å². The number of fused-ring (bicyclic) bond motifs is 1. The molecular weight excluding hydrogens is 479 g/mol. The number of benzene rings is 2. The van der Waals surface area contributed by atoms with Crippen molar-refractivity contribution in [3.05, 3.63) is 48.0 Å². The van der Waals surface area contributed by atoms with Crippen LogP contribution in [0.4, 0.5) is 0 Å². The molecule has 0 unspecified atom stereocenters. The molecular formula is C16H9Cl6N3O2. The zero-order chi connectivity index (χ0) is 19.8. The second-order valence-corrected chi connectivity index (χ2v) is 9.77. The minimum Gasteiger partial charge on any atom is -0.337 e. The van der Waals surface area contributed by atoms with Crippen molar-refractivity contribution in [1.29, 1.82) is 0 Å². The molecule has 0 N–H and O–H groups in total. The van der Waals surface area contributed by atoms with Crippen LogP contribution in [0, 0.1) is 0 Å². The van der Waals surface area contributed by atoms with Crippen molar-refractivity contribution in [2.24, 2.45) is 0 Å². The first kappa shape index (κ1) is 20.9. The molecule has 0 spiro atoms. The Morgan fingerprint density at radius 2 is 1.30 bits per heavy atom. The third kappa shape index (κ3) is 4.62. The SMILES string of the molecule is COOc1ccc(-c2nc(C(Cl)(Cl)Cl)nc(C(Cl)(Cl)Cl)n2)c2ccccc12. The highest BCUT2D eigenvalue weighted by Crippen LogP contribution is 2.41. The Kier molecular flexibility index (Phi) is 6.14. The molecule has 0 aliphatic rings. The number of nitrogens with zero attached hydrogens (tertiary/aromatic N) is 3. The molecule has 3 rings (SSSR count). The number of alkyl halides is 6. The van der Waals surface area contributed by atoms with Crippen LogP contribution in [0.2, 0.25) is 0 Å². The molecule has 0 saturated carbocycles. The van der Waals surface area contributed by atoms with Crippen LogP contribution in [0.25, 0.3) is 22.2 Å². The summed E-state index contributed by atoms with van der Waals surface area (Å²) < 4.78 is -3.87. The van der Waals surface area contributed by atoms with Crippen molar-refractivity contribution in [1.82, 2.24) is 15.0 Å². The van der Waals surface area contributed by atoms with Crippen molar-refractivity contribution >= 4 is 80.4 Å². The smallest absolute Gasteiger partial charge is 0.250 e. The maximum Gasteiger partial charge on any atom is 0.250 e. The van der Waals surface area contributed by atoms with Gasteiger partial charge in [-0.1, -0.05) is 93.9 Å². The molecule has 0 atom stereocenters. The first-order valence-electron chi connectivity index (χ1n) is 7.24. The molecule has 0 bridgehead atoms. The van der Waals surface area contributed by atoms with Crippen LogP contribution in [-0.4, -0.2) is 22.1 Å². The molecule has 11 heteroatoms. The predicted octanol–water partition coefficient (Wildman–Crippen LogP) is 6.29. The number of hydrogen-bond donors (Lipinski definition) is 0. The van der Waals surface area contributed by atoms with E-state index in [0.29, 0.717) is 11.3 Å². The first-order valence-corrected chi connectivity index (χ1v) is 9.51. The van der Waals surface area contributed by atoms with Crippen LogP contribution in [-0.2, 0) is 12.5 Å². The van der Waals surface area contributed by atoms with Gasteiger partial charge in [-0.25, -0.2) is 15.0 Å². The van der Waals surface area contributed by atoms with Gasteiger partial charge in [0.05, 0.1) is 7.11 Å². The summed E-state index contributed by atoms with van der Waals surface area (Å²) in [6, 6.07) is 10.8. The zero-order valence-electron chi connectivity index (χ0n) is 13.4. The Hall–Kier alpha value is -0.790.